The molecular formula is C5H10O2. The summed E-state index contributed by atoms with van der Waals surface area (Å²) in [4.78, 5) is 3.97. The summed E-state index contributed by atoms with van der Waals surface area (Å²) >= 11 is 0. The second-order valence-electron chi connectivity index (χ2n) is 1.90. The lowest BCUT2D eigenvalue weighted by Crippen LogP contribution is -2.17. The van der Waals surface area contributed by atoms with E-state index >= 15 is 0 Å². The van der Waals surface area contributed by atoms with Gasteiger partial charge in [-0.25, -0.2) is 4.89 Å². The van der Waals surface area contributed by atoms with E-state index in [0.717, 1.165) is 0 Å². The van der Waals surface area contributed by atoms with E-state index in [9.17, 15) is 0 Å². The van der Waals surface area contributed by atoms with E-state index < -0.39 is 5.60 Å². The van der Waals surface area contributed by atoms with E-state index in [-0.39, 0.29) is 0 Å². The number of hydrogen-bond donors (Lipinski definition) is 1. The molecule has 0 aliphatic heterocycles. The largest absolute Gasteiger partial charge is 0.251 e. The zero-order valence-electron chi connectivity index (χ0n) is 4.64. The topological polar surface area (TPSA) is 29.5 Å². The fraction of sp³-hybridized carbons (Fsp3) is 0.600. The molecule has 2 heteroatoms. The van der Waals surface area contributed by atoms with E-state index in [2.05, 4.69) is 11.5 Å². The molecule has 0 bridgehead atoms. The lowest BCUT2D eigenvalue weighted by atomic mass is 10.1. The first-order chi connectivity index (χ1) is 3.12. The summed E-state index contributed by atoms with van der Waals surface area (Å²) < 4.78 is 0. The third kappa shape index (κ3) is 2.37. The molecule has 2 nitrogen and oxygen atoms in total. The van der Waals surface area contributed by atoms with E-state index in [1.165, 1.54) is 6.08 Å². The van der Waals surface area contributed by atoms with Crippen molar-refractivity contribution in [1.82, 2.24) is 0 Å². The Bertz CT molecular complexity index is 66.5. The van der Waals surface area contributed by atoms with Crippen LogP contribution in [0.4, 0.5) is 0 Å². The average molecular weight is 102 g/mol. The van der Waals surface area contributed by atoms with Crippen LogP contribution in [0.25, 0.3) is 0 Å². The summed E-state index contributed by atoms with van der Waals surface area (Å²) in [6.45, 7) is 6.83. The predicted octanol–water partition coefficient (Wildman–Crippen LogP) is 1.44. The zero-order chi connectivity index (χ0) is 5.91. The van der Waals surface area contributed by atoms with E-state index in [1.54, 1.807) is 13.8 Å². The molecule has 0 aromatic carbocycles. The SMILES string of the molecule is C=CC(C)(C)OO. The summed E-state index contributed by atoms with van der Waals surface area (Å²) in [7, 11) is 0. The van der Waals surface area contributed by atoms with Crippen LogP contribution in [0.3, 0.4) is 0 Å². The minimum absolute atomic E-state index is 0.597. The highest BCUT2D eigenvalue weighted by molar-refractivity contribution is 4.87. The van der Waals surface area contributed by atoms with Crippen LogP contribution < -0.4 is 0 Å². The molecule has 0 aliphatic rings. The Morgan fingerprint density at radius 2 is 2.14 bits per heavy atom. The smallest absolute Gasteiger partial charge is 0.115 e. The van der Waals surface area contributed by atoms with Crippen molar-refractivity contribution in [1.29, 1.82) is 0 Å². The quantitative estimate of drug-likeness (QED) is 0.325. The van der Waals surface area contributed by atoms with Crippen LogP contribution >= 0.6 is 0 Å². The number of rotatable bonds is 2. The van der Waals surface area contributed by atoms with Crippen LogP contribution in [0.1, 0.15) is 13.8 Å². The average Bonchev–Trinajstić information content (AvgIpc) is 1.68. The van der Waals surface area contributed by atoms with Gasteiger partial charge in [-0.2, -0.15) is 0 Å². The highest BCUT2D eigenvalue weighted by Gasteiger charge is 2.10. The fourth-order valence-corrected chi connectivity index (χ4v) is 0.0373. The van der Waals surface area contributed by atoms with Crippen LogP contribution in [0.15, 0.2) is 12.7 Å². The third-order valence-electron chi connectivity index (χ3n) is 0.727. The van der Waals surface area contributed by atoms with Crippen molar-refractivity contribution < 1.29 is 10.1 Å². The normalized spacial score (nSPS) is 11.3. The molecule has 0 aliphatic carbocycles. The zero-order valence-corrected chi connectivity index (χ0v) is 4.64. The lowest BCUT2D eigenvalue weighted by molar-refractivity contribution is -0.296. The van der Waals surface area contributed by atoms with Crippen molar-refractivity contribution in [3.05, 3.63) is 12.7 Å². The van der Waals surface area contributed by atoms with E-state index in [1.807, 2.05) is 0 Å². The van der Waals surface area contributed by atoms with E-state index in [4.69, 9.17) is 5.26 Å². The minimum Gasteiger partial charge on any atom is -0.251 e. The Balaban J connectivity index is 3.58. The first-order valence-corrected chi connectivity index (χ1v) is 2.08. The highest BCUT2D eigenvalue weighted by atomic mass is 17.1. The number of hydrogen-bond acceptors (Lipinski definition) is 2. The maximum Gasteiger partial charge on any atom is 0.115 e. The van der Waals surface area contributed by atoms with Crippen LogP contribution in [0.5, 0.6) is 0 Å². The molecule has 0 amide bonds. The summed E-state index contributed by atoms with van der Waals surface area (Å²) in [5.41, 5.74) is -0.597. The first kappa shape index (κ1) is 6.66. The van der Waals surface area contributed by atoms with Crippen LogP contribution in [-0.2, 0) is 4.89 Å². The van der Waals surface area contributed by atoms with Crippen LogP contribution in [-0.4, -0.2) is 10.9 Å². The predicted molar refractivity (Wildman–Crippen MR) is 28.0 cm³/mol. The van der Waals surface area contributed by atoms with Gasteiger partial charge in [0.05, 0.1) is 0 Å². The van der Waals surface area contributed by atoms with Crippen molar-refractivity contribution >= 4 is 0 Å². The molecule has 0 spiro atoms. The van der Waals surface area contributed by atoms with Gasteiger partial charge < -0.3 is 0 Å². The molecule has 0 rings (SSSR count). The van der Waals surface area contributed by atoms with Crippen molar-refractivity contribution in [3.63, 3.8) is 0 Å². The van der Waals surface area contributed by atoms with Crippen molar-refractivity contribution in [3.8, 4) is 0 Å². The molecule has 0 fully saturated rings. The Morgan fingerprint density at radius 1 is 1.71 bits per heavy atom. The summed E-state index contributed by atoms with van der Waals surface area (Å²) in [5.74, 6) is 0. The van der Waals surface area contributed by atoms with Gasteiger partial charge in [-0.15, -0.1) is 6.58 Å². The fourth-order valence-electron chi connectivity index (χ4n) is 0.0373. The highest BCUT2D eigenvalue weighted by Crippen LogP contribution is 2.05. The second kappa shape index (κ2) is 2.09. The summed E-state index contributed by atoms with van der Waals surface area (Å²) in [6, 6.07) is 0. The molecule has 0 saturated carbocycles. The molecule has 0 aromatic rings. The van der Waals surface area contributed by atoms with Gasteiger partial charge in [-0.3, -0.25) is 5.26 Å². The van der Waals surface area contributed by atoms with E-state index in [0.29, 0.717) is 0 Å². The minimum atomic E-state index is -0.597. The van der Waals surface area contributed by atoms with Gasteiger partial charge in [-0.05, 0) is 13.8 Å². The van der Waals surface area contributed by atoms with Gasteiger partial charge in [0, 0.05) is 0 Å². The lowest BCUT2D eigenvalue weighted by Gasteiger charge is -2.12. The molecule has 0 unspecified atom stereocenters. The molecule has 0 atom stereocenters. The standard InChI is InChI=1S/C5H10O2/c1-4-5(2,3)7-6/h4,6H,1H2,2-3H3. The maximum atomic E-state index is 8.02. The molecule has 1 N–H and O–H groups in total. The Hall–Kier alpha value is -0.340. The molecule has 7 heavy (non-hydrogen) atoms. The van der Waals surface area contributed by atoms with Gasteiger partial charge in [0.1, 0.15) is 5.60 Å². The third-order valence-corrected chi connectivity index (χ3v) is 0.727. The molecular weight excluding hydrogens is 92.1 g/mol. The Kier molecular flexibility index (Phi) is 1.99. The molecule has 42 valence electrons. The molecule has 0 radical (unpaired) electrons. The van der Waals surface area contributed by atoms with Gasteiger partial charge in [0.2, 0.25) is 0 Å². The van der Waals surface area contributed by atoms with Gasteiger partial charge in [0.25, 0.3) is 0 Å². The van der Waals surface area contributed by atoms with Gasteiger partial charge in [-0.1, -0.05) is 6.08 Å². The second-order valence-corrected chi connectivity index (χ2v) is 1.90. The molecule has 0 saturated heterocycles. The van der Waals surface area contributed by atoms with Crippen molar-refractivity contribution in [2.45, 2.75) is 19.4 Å². The molecule has 0 heterocycles. The van der Waals surface area contributed by atoms with Crippen molar-refractivity contribution in [2.75, 3.05) is 0 Å². The monoisotopic (exact) mass is 102 g/mol. The summed E-state index contributed by atoms with van der Waals surface area (Å²) in [5, 5.41) is 8.02. The molecule has 0 aromatic heterocycles. The van der Waals surface area contributed by atoms with Gasteiger partial charge >= 0.3 is 0 Å². The van der Waals surface area contributed by atoms with Crippen LogP contribution in [0, 0.1) is 0 Å². The Morgan fingerprint density at radius 3 is 2.14 bits per heavy atom. The van der Waals surface area contributed by atoms with Crippen LogP contribution in [0.2, 0.25) is 0 Å². The summed E-state index contributed by atoms with van der Waals surface area (Å²) in [6.07, 6.45) is 1.52. The Labute approximate surface area is 43.3 Å². The first-order valence-electron chi connectivity index (χ1n) is 2.08. The van der Waals surface area contributed by atoms with Crippen molar-refractivity contribution in [2.24, 2.45) is 0 Å². The maximum absolute atomic E-state index is 8.02. The van der Waals surface area contributed by atoms with Gasteiger partial charge in [0.15, 0.2) is 0 Å².